The molecule has 3 aromatic rings. The van der Waals surface area contributed by atoms with Gasteiger partial charge in [-0.05, 0) is 60.6 Å². The average Bonchev–Trinajstić information content (AvgIpc) is 3.20. The third kappa shape index (κ3) is 3.51. The van der Waals surface area contributed by atoms with Crippen molar-refractivity contribution in [1.29, 1.82) is 0 Å². The number of phenols is 1. The maximum atomic E-state index is 12.8. The van der Waals surface area contributed by atoms with Crippen molar-refractivity contribution in [2.24, 2.45) is 11.3 Å². The fraction of sp³-hybridized carbons (Fsp3) is 0.348. The summed E-state index contributed by atoms with van der Waals surface area (Å²) in [6, 6.07) is 10.2. The van der Waals surface area contributed by atoms with Crippen LogP contribution in [0.3, 0.4) is 0 Å². The van der Waals surface area contributed by atoms with Gasteiger partial charge in [-0.15, -0.1) is 0 Å². The number of aromatic nitrogens is 2. The summed E-state index contributed by atoms with van der Waals surface area (Å²) in [4.78, 5) is 25.3. The Morgan fingerprint density at radius 1 is 1.20 bits per heavy atom. The minimum absolute atomic E-state index is 0.0255. The molecule has 4 rings (SSSR count). The molecule has 1 fully saturated rings. The van der Waals surface area contributed by atoms with Crippen LogP contribution in [0.4, 0.5) is 0 Å². The normalized spacial score (nSPS) is 19.8. The number of fused-ring (bicyclic) bond motifs is 1. The van der Waals surface area contributed by atoms with Crippen molar-refractivity contribution in [2.45, 2.75) is 33.2 Å². The number of benzene rings is 1. The molecule has 30 heavy (non-hydrogen) atoms. The monoisotopic (exact) mass is 406 g/mol. The first kappa shape index (κ1) is 19.9. The van der Waals surface area contributed by atoms with Gasteiger partial charge in [-0.3, -0.25) is 9.59 Å². The number of aromatic hydroxyl groups is 1. The minimum Gasteiger partial charge on any atom is -0.508 e. The van der Waals surface area contributed by atoms with Crippen LogP contribution in [0.5, 0.6) is 5.75 Å². The molecule has 2 aromatic heterocycles. The van der Waals surface area contributed by atoms with Gasteiger partial charge in [0, 0.05) is 24.3 Å². The second-order valence-corrected chi connectivity index (χ2v) is 8.57. The van der Waals surface area contributed by atoms with Gasteiger partial charge in [0.1, 0.15) is 5.75 Å². The van der Waals surface area contributed by atoms with E-state index in [-0.39, 0.29) is 34.9 Å². The lowest BCUT2D eigenvalue weighted by Gasteiger charge is -2.52. The zero-order valence-electron chi connectivity index (χ0n) is 17.3. The van der Waals surface area contributed by atoms with E-state index in [4.69, 9.17) is 0 Å². The maximum absolute atomic E-state index is 12.8. The Balaban J connectivity index is 1.37. The van der Waals surface area contributed by atoms with Crippen molar-refractivity contribution in [3.8, 4) is 5.75 Å². The molecule has 1 saturated carbocycles. The van der Waals surface area contributed by atoms with Crippen molar-refractivity contribution in [1.82, 2.24) is 20.2 Å². The minimum atomic E-state index is -0.195. The van der Waals surface area contributed by atoms with E-state index in [0.29, 0.717) is 17.7 Å². The van der Waals surface area contributed by atoms with Gasteiger partial charge < -0.3 is 15.7 Å². The van der Waals surface area contributed by atoms with Crippen molar-refractivity contribution in [2.75, 3.05) is 6.54 Å². The summed E-state index contributed by atoms with van der Waals surface area (Å²) in [5, 5.41) is 19.9. The van der Waals surface area contributed by atoms with Crippen LogP contribution in [0, 0.1) is 18.3 Å². The number of aryl methyl sites for hydroxylation is 1. The van der Waals surface area contributed by atoms with Crippen LogP contribution in [0.2, 0.25) is 0 Å². The molecule has 156 valence electrons. The standard InChI is InChI=1S/C23H26N4O3/c1-14-6-7-16(28)12-18(14)21(29)24-13-15-11-20(23(15,2)3)26-22(30)17-5-4-10-27-19(17)8-9-25-27/h4-10,12,15,20,28H,11,13H2,1-3H3,(H,24,29)(H,26,30). The van der Waals surface area contributed by atoms with Crippen LogP contribution in [0.15, 0.2) is 48.8 Å². The van der Waals surface area contributed by atoms with Crippen molar-refractivity contribution in [3.63, 3.8) is 0 Å². The summed E-state index contributed by atoms with van der Waals surface area (Å²) in [6.45, 7) is 6.58. The Bertz CT molecular complexity index is 1120. The predicted octanol–water partition coefficient (Wildman–Crippen LogP) is 2.92. The molecule has 0 radical (unpaired) electrons. The number of pyridine rings is 1. The predicted molar refractivity (Wildman–Crippen MR) is 114 cm³/mol. The molecule has 7 heteroatoms. The summed E-state index contributed by atoms with van der Waals surface area (Å²) in [7, 11) is 0. The van der Waals surface area contributed by atoms with Crippen molar-refractivity contribution >= 4 is 17.3 Å². The van der Waals surface area contributed by atoms with E-state index in [2.05, 4.69) is 29.6 Å². The molecule has 7 nitrogen and oxygen atoms in total. The lowest BCUT2D eigenvalue weighted by atomic mass is 9.58. The SMILES string of the molecule is Cc1ccc(O)cc1C(=O)NCC1CC(NC(=O)c2cccn3nccc23)C1(C)C. The summed E-state index contributed by atoms with van der Waals surface area (Å²) in [6.07, 6.45) is 4.28. The highest BCUT2D eigenvalue weighted by Crippen LogP contribution is 2.46. The van der Waals surface area contributed by atoms with Crippen LogP contribution in [0.25, 0.3) is 5.52 Å². The van der Waals surface area contributed by atoms with Gasteiger partial charge in [0.05, 0.1) is 17.3 Å². The molecular weight excluding hydrogens is 380 g/mol. The zero-order chi connectivity index (χ0) is 21.5. The van der Waals surface area contributed by atoms with Crippen LogP contribution in [0.1, 0.15) is 46.5 Å². The Labute approximate surface area is 175 Å². The second-order valence-electron chi connectivity index (χ2n) is 8.57. The molecule has 3 N–H and O–H groups in total. The number of hydrogen-bond acceptors (Lipinski definition) is 4. The highest BCUT2D eigenvalue weighted by molar-refractivity contribution is 6.01. The number of nitrogens with one attached hydrogen (secondary N) is 2. The summed E-state index contributed by atoms with van der Waals surface area (Å²) in [5.41, 5.74) is 2.52. The van der Waals surface area contributed by atoms with E-state index < -0.39 is 0 Å². The van der Waals surface area contributed by atoms with Gasteiger partial charge in [0.15, 0.2) is 0 Å². The first-order valence-electron chi connectivity index (χ1n) is 10.1. The number of phenolic OH excluding ortho intramolecular Hbond substituents is 1. The number of amides is 2. The van der Waals surface area contributed by atoms with E-state index in [1.54, 1.807) is 28.9 Å². The molecule has 2 atom stereocenters. The van der Waals surface area contributed by atoms with Crippen molar-refractivity contribution < 1.29 is 14.7 Å². The summed E-state index contributed by atoms with van der Waals surface area (Å²) < 4.78 is 1.68. The number of carbonyl (C=O) groups excluding carboxylic acids is 2. The largest absolute Gasteiger partial charge is 0.508 e. The van der Waals surface area contributed by atoms with E-state index in [1.807, 2.05) is 25.3 Å². The molecular formula is C23H26N4O3. The molecule has 1 aliphatic carbocycles. The third-order valence-electron chi connectivity index (χ3n) is 6.43. The number of rotatable bonds is 5. The van der Waals surface area contributed by atoms with Crippen molar-refractivity contribution in [3.05, 3.63) is 65.5 Å². The molecule has 0 saturated heterocycles. The Kier molecular flexibility index (Phi) is 4.97. The van der Waals surface area contributed by atoms with E-state index in [0.717, 1.165) is 17.5 Å². The molecule has 0 spiro atoms. The van der Waals surface area contributed by atoms with Gasteiger partial charge in [0.25, 0.3) is 11.8 Å². The third-order valence-corrected chi connectivity index (χ3v) is 6.43. The highest BCUT2D eigenvalue weighted by atomic mass is 16.3. The highest BCUT2D eigenvalue weighted by Gasteiger charge is 2.48. The van der Waals surface area contributed by atoms with E-state index in [9.17, 15) is 14.7 Å². The van der Waals surface area contributed by atoms with E-state index >= 15 is 0 Å². The molecule has 0 aliphatic heterocycles. The maximum Gasteiger partial charge on any atom is 0.253 e. The molecule has 1 aliphatic rings. The Morgan fingerprint density at radius 2 is 2.00 bits per heavy atom. The topological polar surface area (TPSA) is 95.7 Å². The molecule has 2 heterocycles. The van der Waals surface area contributed by atoms with Crippen LogP contribution < -0.4 is 10.6 Å². The summed E-state index contributed by atoms with van der Waals surface area (Å²) in [5.74, 6) is 0.0111. The van der Waals surface area contributed by atoms with Gasteiger partial charge in [-0.1, -0.05) is 19.9 Å². The first-order chi connectivity index (χ1) is 14.3. The molecule has 1 aromatic carbocycles. The number of nitrogens with zero attached hydrogens (tertiary/aromatic N) is 2. The van der Waals surface area contributed by atoms with Gasteiger partial charge in [-0.25, -0.2) is 4.52 Å². The van der Waals surface area contributed by atoms with Gasteiger partial charge in [0.2, 0.25) is 0 Å². The lowest BCUT2D eigenvalue weighted by Crippen LogP contribution is -2.60. The van der Waals surface area contributed by atoms with Crippen LogP contribution in [-0.4, -0.2) is 39.1 Å². The molecule has 0 bridgehead atoms. The van der Waals surface area contributed by atoms with Crippen LogP contribution >= 0.6 is 0 Å². The fourth-order valence-corrected chi connectivity index (χ4v) is 4.15. The zero-order valence-corrected chi connectivity index (χ0v) is 17.3. The van der Waals surface area contributed by atoms with Crippen LogP contribution in [-0.2, 0) is 0 Å². The number of hydrogen-bond donors (Lipinski definition) is 3. The fourth-order valence-electron chi connectivity index (χ4n) is 4.15. The Hall–Kier alpha value is -3.35. The molecule has 2 amide bonds. The molecule has 2 unspecified atom stereocenters. The smallest absolute Gasteiger partial charge is 0.253 e. The Morgan fingerprint density at radius 3 is 2.77 bits per heavy atom. The second kappa shape index (κ2) is 7.48. The van der Waals surface area contributed by atoms with Gasteiger partial charge in [-0.2, -0.15) is 5.10 Å². The number of carbonyl (C=O) groups is 2. The quantitative estimate of drug-likeness (QED) is 0.607. The lowest BCUT2D eigenvalue weighted by molar-refractivity contribution is 0.0150. The average molecular weight is 406 g/mol. The first-order valence-corrected chi connectivity index (χ1v) is 10.1. The van der Waals surface area contributed by atoms with E-state index in [1.165, 1.54) is 6.07 Å². The van der Waals surface area contributed by atoms with Gasteiger partial charge >= 0.3 is 0 Å². The summed E-state index contributed by atoms with van der Waals surface area (Å²) >= 11 is 0.